The van der Waals surface area contributed by atoms with Crippen molar-refractivity contribution in [2.24, 2.45) is 4.99 Å². The molecular formula is C19H14ClIN2O5S. The van der Waals surface area contributed by atoms with E-state index in [0.717, 1.165) is 0 Å². The number of nitrogens with one attached hydrogen (secondary N) is 1. The number of hydrogen-bond acceptors (Lipinski definition) is 6. The highest BCUT2D eigenvalue weighted by Crippen LogP contribution is 2.36. The normalized spacial score (nSPS) is 16.2. The maximum atomic E-state index is 12.3. The number of carbonyl (C=O) groups excluding carboxylic acids is 1. The minimum Gasteiger partial charge on any atom is -0.493 e. The number of nitrogens with zero attached hydrogens (tertiary/aromatic N) is 1. The van der Waals surface area contributed by atoms with Crippen LogP contribution in [0.1, 0.15) is 5.56 Å². The molecule has 10 heteroatoms. The number of carboxylic acid groups (broad SMARTS) is 1. The predicted molar refractivity (Wildman–Crippen MR) is 121 cm³/mol. The molecule has 7 nitrogen and oxygen atoms in total. The molecule has 0 saturated carbocycles. The van der Waals surface area contributed by atoms with Crippen molar-refractivity contribution in [1.82, 2.24) is 5.32 Å². The van der Waals surface area contributed by atoms with Gasteiger partial charge in [-0.2, -0.15) is 0 Å². The van der Waals surface area contributed by atoms with Crippen LogP contribution in [0.4, 0.5) is 5.69 Å². The fraction of sp³-hybridized carbons (Fsp3) is 0.105. The van der Waals surface area contributed by atoms with Crippen LogP contribution in [0.3, 0.4) is 0 Å². The van der Waals surface area contributed by atoms with Gasteiger partial charge in [0.2, 0.25) is 0 Å². The standard InChI is InChI=1S/C19H14ClIN2O5S/c1-27-14-7-10(6-13(21)17(14)28-9-16(24)25)8-15-18(26)23-19(29-15)22-12-4-2-11(20)3-5-12/h2-8H,9H2,1H3,(H,24,25)(H,22,23,26)/b15-8+. The second-order valence-electron chi connectivity index (χ2n) is 5.67. The van der Waals surface area contributed by atoms with Gasteiger partial charge in [0.15, 0.2) is 23.3 Å². The number of aliphatic carboxylic acids is 1. The highest BCUT2D eigenvalue weighted by atomic mass is 127. The third-order valence-corrected chi connectivity index (χ3v) is 5.56. The summed E-state index contributed by atoms with van der Waals surface area (Å²) in [6.45, 7) is -0.477. The molecule has 0 aromatic heterocycles. The number of benzene rings is 2. The lowest BCUT2D eigenvalue weighted by atomic mass is 10.2. The second kappa shape index (κ2) is 9.51. The van der Waals surface area contributed by atoms with E-state index in [-0.39, 0.29) is 5.91 Å². The van der Waals surface area contributed by atoms with Crippen LogP contribution in [0.5, 0.6) is 11.5 Å². The monoisotopic (exact) mass is 544 g/mol. The van der Waals surface area contributed by atoms with E-state index < -0.39 is 12.6 Å². The zero-order valence-electron chi connectivity index (χ0n) is 14.9. The minimum absolute atomic E-state index is 0.261. The molecule has 1 heterocycles. The molecule has 1 fully saturated rings. The second-order valence-corrected chi connectivity index (χ2v) is 8.30. The largest absolute Gasteiger partial charge is 0.493 e. The molecule has 1 aliphatic heterocycles. The van der Waals surface area contributed by atoms with E-state index in [2.05, 4.69) is 10.3 Å². The molecule has 1 saturated heterocycles. The summed E-state index contributed by atoms with van der Waals surface area (Å²) >= 11 is 9.11. The Morgan fingerprint density at radius 3 is 2.72 bits per heavy atom. The van der Waals surface area contributed by atoms with Gasteiger partial charge in [-0.25, -0.2) is 9.79 Å². The molecule has 29 heavy (non-hydrogen) atoms. The molecule has 2 aromatic carbocycles. The van der Waals surface area contributed by atoms with Crippen LogP contribution in [0.25, 0.3) is 6.08 Å². The molecule has 0 aliphatic carbocycles. The molecule has 2 aromatic rings. The molecule has 0 unspecified atom stereocenters. The molecular weight excluding hydrogens is 531 g/mol. The maximum Gasteiger partial charge on any atom is 0.341 e. The first-order valence-electron chi connectivity index (χ1n) is 8.13. The molecule has 0 radical (unpaired) electrons. The van der Waals surface area contributed by atoms with Crippen LogP contribution in [-0.4, -0.2) is 35.9 Å². The van der Waals surface area contributed by atoms with Crippen molar-refractivity contribution in [2.75, 3.05) is 13.7 Å². The number of ether oxygens (including phenoxy) is 2. The van der Waals surface area contributed by atoms with Crippen molar-refractivity contribution in [2.45, 2.75) is 0 Å². The van der Waals surface area contributed by atoms with Gasteiger partial charge in [0.05, 0.1) is 21.3 Å². The van der Waals surface area contributed by atoms with Crippen molar-refractivity contribution in [3.8, 4) is 11.5 Å². The van der Waals surface area contributed by atoms with Gasteiger partial charge >= 0.3 is 5.97 Å². The summed E-state index contributed by atoms with van der Waals surface area (Å²) < 4.78 is 11.3. The number of aliphatic imine (C=N–C) groups is 1. The van der Waals surface area contributed by atoms with Crippen LogP contribution >= 0.6 is 46.0 Å². The number of methoxy groups -OCH3 is 1. The van der Waals surface area contributed by atoms with Gasteiger partial charge in [-0.1, -0.05) is 11.6 Å². The average molecular weight is 545 g/mol. The van der Waals surface area contributed by atoms with Crippen LogP contribution < -0.4 is 14.8 Å². The lowest BCUT2D eigenvalue weighted by molar-refractivity contribution is -0.139. The summed E-state index contributed by atoms with van der Waals surface area (Å²) in [6.07, 6.45) is 1.70. The van der Waals surface area contributed by atoms with Crippen molar-refractivity contribution in [1.29, 1.82) is 0 Å². The summed E-state index contributed by atoms with van der Waals surface area (Å²) in [4.78, 5) is 27.9. The lowest BCUT2D eigenvalue weighted by Gasteiger charge is -2.12. The van der Waals surface area contributed by atoms with E-state index in [4.69, 9.17) is 26.2 Å². The van der Waals surface area contributed by atoms with Gasteiger partial charge in [-0.15, -0.1) is 0 Å². The van der Waals surface area contributed by atoms with E-state index in [0.29, 0.717) is 41.4 Å². The van der Waals surface area contributed by atoms with Gasteiger partial charge in [-0.05, 0) is 82.4 Å². The van der Waals surface area contributed by atoms with Gasteiger partial charge in [0.1, 0.15) is 0 Å². The Kier molecular flexibility index (Phi) is 7.04. The Morgan fingerprint density at radius 2 is 2.07 bits per heavy atom. The van der Waals surface area contributed by atoms with E-state index in [1.54, 1.807) is 42.5 Å². The SMILES string of the molecule is COc1cc(/C=C2/SC(=Nc3ccc(Cl)cc3)NC2=O)cc(I)c1OCC(=O)O. The fourth-order valence-electron chi connectivity index (χ4n) is 2.36. The number of halogens is 2. The first-order valence-corrected chi connectivity index (χ1v) is 10.4. The Bertz CT molecular complexity index is 1020. The van der Waals surface area contributed by atoms with Crippen LogP contribution in [0.15, 0.2) is 46.3 Å². The predicted octanol–water partition coefficient (Wildman–Crippen LogP) is 4.31. The van der Waals surface area contributed by atoms with E-state index in [1.807, 2.05) is 22.6 Å². The van der Waals surface area contributed by atoms with Crippen molar-refractivity contribution < 1.29 is 24.2 Å². The molecule has 0 atom stereocenters. The Morgan fingerprint density at radius 1 is 1.34 bits per heavy atom. The quantitative estimate of drug-likeness (QED) is 0.416. The summed E-state index contributed by atoms with van der Waals surface area (Å²) in [7, 11) is 1.46. The summed E-state index contributed by atoms with van der Waals surface area (Å²) in [5, 5.41) is 12.6. The Hall–Kier alpha value is -2.24. The highest BCUT2D eigenvalue weighted by Gasteiger charge is 2.24. The molecule has 150 valence electrons. The molecule has 1 aliphatic rings. The number of amidine groups is 1. The average Bonchev–Trinajstić information content (AvgIpc) is 3.01. The summed E-state index contributed by atoms with van der Waals surface area (Å²) in [5.74, 6) is -0.627. The Labute approximate surface area is 189 Å². The van der Waals surface area contributed by atoms with Gasteiger partial charge in [0.25, 0.3) is 5.91 Å². The van der Waals surface area contributed by atoms with Crippen molar-refractivity contribution in [3.63, 3.8) is 0 Å². The van der Waals surface area contributed by atoms with Crippen LogP contribution in [0, 0.1) is 3.57 Å². The van der Waals surface area contributed by atoms with Gasteiger partial charge in [0, 0.05) is 5.02 Å². The minimum atomic E-state index is -1.08. The number of carboxylic acids is 1. The zero-order chi connectivity index (χ0) is 21.0. The molecule has 1 amide bonds. The number of thioether (sulfide) groups is 1. The van der Waals surface area contributed by atoms with E-state index >= 15 is 0 Å². The fourth-order valence-corrected chi connectivity index (χ4v) is 4.11. The zero-order valence-corrected chi connectivity index (χ0v) is 18.7. The lowest BCUT2D eigenvalue weighted by Crippen LogP contribution is -2.19. The third-order valence-electron chi connectivity index (χ3n) is 3.60. The van der Waals surface area contributed by atoms with E-state index in [1.165, 1.54) is 18.9 Å². The number of hydrogen-bond donors (Lipinski definition) is 2. The van der Waals surface area contributed by atoms with Gasteiger partial charge < -0.3 is 19.9 Å². The van der Waals surface area contributed by atoms with Crippen molar-refractivity contribution in [3.05, 3.63) is 55.5 Å². The topological polar surface area (TPSA) is 97.2 Å². The number of amides is 1. The molecule has 0 spiro atoms. The molecule has 0 bridgehead atoms. The maximum absolute atomic E-state index is 12.3. The number of rotatable bonds is 6. The molecule has 2 N–H and O–H groups in total. The number of carbonyl (C=O) groups is 2. The van der Waals surface area contributed by atoms with E-state index in [9.17, 15) is 9.59 Å². The summed E-state index contributed by atoms with van der Waals surface area (Å²) in [6, 6.07) is 10.4. The third kappa shape index (κ3) is 5.64. The smallest absolute Gasteiger partial charge is 0.341 e. The van der Waals surface area contributed by atoms with Crippen LogP contribution in [0.2, 0.25) is 5.02 Å². The van der Waals surface area contributed by atoms with Gasteiger partial charge in [-0.3, -0.25) is 4.79 Å². The van der Waals surface area contributed by atoms with Crippen molar-refractivity contribution >= 4 is 74.8 Å². The Balaban J connectivity index is 1.84. The first kappa shape index (κ1) is 21.5. The first-order chi connectivity index (χ1) is 13.9. The van der Waals surface area contributed by atoms with Crippen LogP contribution in [-0.2, 0) is 9.59 Å². The highest BCUT2D eigenvalue weighted by molar-refractivity contribution is 14.1. The summed E-state index contributed by atoms with van der Waals surface area (Å²) in [5.41, 5.74) is 1.38. The molecule has 3 rings (SSSR count).